The van der Waals surface area contributed by atoms with E-state index in [1.54, 1.807) is 36.4 Å². The van der Waals surface area contributed by atoms with Crippen LogP contribution in [0.3, 0.4) is 0 Å². The summed E-state index contributed by atoms with van der Waals surface area (Å²) in [6.45, 7) is 0.444. The number of nitrogens with zero attached hydrogens (tertiary/aromatic N) is 4. The Hall–Kier alpha value is -4.12. The lowest BCUT2D eigenvalue weighted by molar-refractivity contribution is -0.146. The van der Waals surface area contributed by atoms with Gasteiger partial charge in [0.15, 0.2) is 0 Å². The second-order valence-electron chi connectivity index (χ2n) is 10.3. The molecule has 0 aliphatic rings. The number of nitrogen functional groups attached to an aromatic ring is 1. The number of thioether (sulfide) groups is 1. The highest BCUT2D eigenvalue weighted by molar-refractivity contribution is 7.98. The Bertz CT molecular complexity index is 1830. The number of nitriles is 2. The van der Waals surface area contributed by atoms with Crippen molar-refractivity contribution >= 4 is 77.2 Å². The Balaban J connectivity index is 0.00000417. The standard InChI is InChI=1S/C32H31ClN8O4S2.2ClH/c33-21-5-1-20(2-6-21)29-40-22(17-46-29)18-47-30-25(16-36)27(24(15-35)28(38)41-30)19-3-7-23(8-4-19)45-14-11-32(31(43)44,39-13-12-34)10-9-26(37)42;;/h1-8,17,39H,9-14,18,34H2,(H2,37,42)(H2,38,41)(H,43,44);2*1H/t32-;;/m0../s1. The lowest BCUT2D eigenvalue weighted by Crippen LogP contribution is -2.54. The van der Waals surface area contributed by atoms with E-state index in [0.717, 1.165) is 16.3 Å². The number of carboxylic acid groups (broad SMARTS) is 1. The van der Waals surface area contributed by atoms with E-state index in [2.05, 4.69) is 22.4 Å². The Kier molecular flexibility index (Phi) is 16.1. The minimum absolute atomic E-state index is 0. The first kappa shape index (κ1) is 41.1. The molecular formula is C32H33Cl3N8O4S2. The second kappa shape index (κ2) is 19.2. The van der Waals surface area contributed by atoms with Crippen LogP contribution in [0.5, 0.6) is 5.75 Å². The SMILES string of the molecule is Cl.Cl.N#Cc1c(N)nc(SCc2csc(-c3ccc(Cl)cc3)n2)c(C#N)c1-c1ccc(OCC[C@](CCC(N)=O)(NCCN)C(=O)O)cc1. The zero-order valence-electron chi connectivity index (χ0n) is 25.8. The Morgan fingerprint density at radius 2 is 1.67 bits per heavy atom. The quantitative estimate of drug-likeness (QED) is 0.0905. The maximum atomic E-state index is 12.2. The number of hydrogen-bond acceptors (Lipinski definition) is 12. The van der Waals surface area contributed by atoms with Crippen LogP contribution in [0, 0.1) is 22.7 Å². The number of nitrogens with two attached hydrogens (primary N) is 3. The van der Waals surface area contributed by atoms with Crippen molar-refractivity contribution in [1.29, 1.82) is 10.5 Å². The van der Waals surface area contributed by atoms with E-state index < -0.39 is 17.4 Å². The molecule has 4 aromatic rings. The lowest BCUT2D eigenvalue weighted by atomic mass is 9.89. The van der Waals surface area contributed by atoms with E-state index >= 15 is 0 Å². The monoisotopic (exact) mass is 762 g/mol. The van der Waals surface area contributed by atoms with E-state index in [-0.39, 0.29) is 80.7 Å². The molecule has 12 nitrogen and oxygen atoms in total. The molecule has 0 radical (unpaired) electrons. The third kappa shape index (κ3) is 10.4. The van der Waals surface area contributed by atoms with Crippen LogP contribution in [0.1, 0.15) is 36.1 Å². The van der Waals surface area contributed by atoms with Gasteiger partial charge >= 0.3 is 5.97 Å². The van der Waals surface area contributed by atoms with Crippen molar-refractivity contribution in [2.24, 2.45) is 11.5 Å². The summed E-state index contributed by atoms with van der Waals surface area (Å²) in [5.41, 5.74) is 18.5. The number of thiazole rings is 1. The minimum atomic E-state index is -1.45. The Labute approximate surface area is 308 Å². The van der Waals surface area contributed by atoms with Gasteiger partial charge in [0.25, 0.3) is 0 Å². The molecule has 49 heavy (non-hydrogen) atoms. The van der Waals surface area contributed by atoms with Gasteiger partial charge in [-0.1, -0.05) is 47.6 Å². The number of aliphatic carboxylic acids is 1. The molecule has 0 aliphatic heterocycles. The van der Waals surface area contributed by atoms with Crippen molar-refractivity contribution in [2.75, 3.05) is 25.4 Å². The molecule has 0 saturated carbocycles. The average molecular weight is 764 g/mol. The molecule has 1 atom stereocenters. The summed E-state index contributed by atoms with van der Waals surface area (Å²) in [6, 6.07) is 18.3. The number of nitrogens with one attached hydrogen (secondary N) is 1. The van der Waals surface area contributed by atoms with Crippen molar-refractivity contribution in [2.45, 2.75) is 35.6 Å². The number of benzene rings is 2. The van der Waals surface area contributed by atoms with Gasteiger partial charge in [0, 0.05) is 53.2 Å². The predicted octanol–water partition coefficient (Wildman–Crippen LogP) is 5.39. The molecule has 0 spiro atoms. The number of carboxylic acids is 1. The van der Waals surface area contributed by atoms with E-state index in [4.69, 9.17) is 38.5 Å². The number of hydrogen-bond donors (Lipinski definition) is 5. The molecule has 0 unspecified atom stereocenters. The maximum absolute atomic E-state index is 12.2. The predicted molar refractivity (Wildman–Crippen MR) is 196 cm³/mol. The molecule has 17 heteroatoms. The van der Waals surface area contributed by atoms with Crippen LogP contribution in [-0.4, -0.2) is 52.2 Å². The van der Waals surface area contributed by atoms with Gasteiger partial charge < -0.3 is 32.4 Å². The Morgan fingerprint density at radius 1 is 1.02 bits per heavy atom. The summed E-state index contributed by atoms with van der Waals surface area (Å²) in [7, 11) is 0. The number of ether oxygens (including phenoxy) is 1. The van der Waals surface area contributed by atoms with Crippen molar-refractivity contribution in [3.05, 3.63) is 75.8 Å². The largest absolute Gasteiger partial charge is 0.494 e. The summed E-state index contributed by atoms with van der Waals surface area (Å²) in [5.74, 6) is -0.911. The number of amides is 1. The van der Waals surface area contributed by atoms with E-state index in [1.165, 1.54) is 23.1 Å². The fraction of sp³-hybridized carbons (Fsp3) is 0.250. The lowest BCUT2D eigenvalue weighted by Gasteiger charge is -2.30. The summed E-state index contributed by atoms with van der Waals surface area (Å²) in [4.78, 5) is 32.6. The van der Waals surface area contributed by atoms with Crippen LogP contribution >= 0.6 is 59.5 Å². The van der Waals surface area contributed by atoms with E-state index in [9.17, 15) is 25.2 Å². The highest BCUT2D eigenvalue weighted by atomic mass is 35.5. The maximum Gasteiger partial charge on any atom is 0.324 e. The molecule has 2 aromatic carbocycles. The summed E-state index contributed by atoms with van der Waals surface area (Å²) in [6.07, 6.45) is -0.107. The molecular weight excluding hydrogens is 731 g/mol. The average Bonchev–Trinajstić information content (AvgIpc) is 3.54. The first-order chi connectivity index (χ1) is 22.6. The Morgan fingerprint density at radius 3 is 2.27 bits per heavy atom. The third-order valence-electron chi connectivity index (χ3n) is 7.17. The number of halogens is 3. The smallest absolute Gasteiger partial charge is 0.324 e. The molecule has 1 amide bonds. The highest BCUT2D eigenvalue weighted by Gasteiger charge is 2.38. The van der Waals surface area contributed by atoms with E-state index in [0.29, 0.717) is 32.7 Å². The van der Waals surface area contributed by atoms with Crippen LogP contribution in [0.2, 0.25) is 5.02 Å². The minimum Gasteiger partial charge on any atom is -0.494 e. The number of pyridine rings is 1. The second-order valence-corrected chi connectivity index (χ2v) is 12.5. The molecule has 0 fully saturated rings. The van der Waals surface area contributed by atoms with Gasteiger partial charge in [-0.3, -0.25) is 9.59 Å². The van der Waals surface area contributed by atoms with Crippen molar-refractivity contribution < 1.29 is 19.4 Å². The number of carbonyl (C=O) groups is 2. The van der Waals surface area contributed by atoms with Gasteiger partial charge in [-0.25, -0.2) is 9.97 Å². The number of rotatable bonds is 16. The first-order valence-electron chi connectivity index (χ1n) is 14.3. The fourth-order valence-corrected chi connectivity index (χ4v) is 6.68. The number of primary amides is 1. The van der Waals surface area contributed by atoms with Gasteiger partial charge in [0.2, 0.25) is 5.91 Å². The molecule has 2 heterocycles. The summed E-state index contributed by atoms with van der Waals surface area (Å²) in [5, 5.41) is 36.7. The molecule has 0 aliphatic carbocycles. The molecule has 258 valence electrons. The number of aromatic nitrogens is 2. The van der Waals surface area contributed by atoms with Crippen molar-refractivity contribution in [3.8, 4) is 39.6 Å². The number of anilines is 1. The fourth-order valence-electron chi connectivity index (χ4n) is 4.73. The van der Waals surface area contributed by atoms with Crippen molar-refractivity contribution in [3.63, 3.8) is 0 Å². The van der Waals surface area contributed by atoms with Crippen LogP contribution < -0.4 is 27.3 Å². The van der Waals surface area contributed by atoms with Gasteiger partial charge in [-0.05, 0) is 36.2 Å². The van der Waals surface area contributed by atoms with Gasteiger partial charge in [0.05, 0.1) is 17.9 Å². The molecule has 2 aromatic heterocycles. The summed E-state index contributed by atoms with van der Waals surface area (Å²) >= 11 is 8.78. The molecule has 4 rings (SSSR count). The van der Waals surface area contributed by atoms with Gasteiger partial charge in [0.1, 0.15) is 44.8 Å². The van der Waals surface area contributed by atoms with Crippen LogP contribution in [0.4, 0.5) is 5.82 Å². The summed E-state index contributed by atoms with van der Waals surface area (Å²) < 4.78 is 5.84. The third-order valence-corrected chi connectivity index (χ3v) is 9.37. The van der Waals surface area contributed by atoms with Crippen molar-refractivity contribution in [1.82, 2.24) is 15.3 Å². The van der Waals surface area contributed by atoms with E-state index in [1.807, 2.05) is 17.5 Å². The molecule has 8 N–H and O–H groups in total. The highest BCUT2D eigenvalue weighted by Crippen LogP contribution is 2.38. The molecule has 0 bridgehead atoms. The van der Waals surface area contributed by atoms with Crippen LogP contribution in [-0.2, 0) is 15.3 Å². The topological polar surface area (TPSA) is 227 Å². The van der Waals surface area contributed by atoms with Gasteiger partial charge in [-0.15, -0.1) is 36.2 Å². The molecule has 0 saturated heterocycles. The van der Waals surface area contributed by atoms with Gasteiger partial charge in [-0.2, -0.15) is 10.5 Å². The normalized spacial score (nSPS) is 11.6. The van der Waals surface area contributed by atoms with Crippen LogP contribution in [0.15, 0.2) is 58.9 Å². The number of carbonyl (C=O) groups excluding carboxylic acids is 1. The zero-order chi connectivity index (χ0) is 34.0. The zero-order valence-corrected chi connectivity index (χ0v) is 29.9. The first-order valence-corrected chi connectivity index (χ1v) is 16.5. The van der Waals surface area contributed by atoms with Crippen LogP contribution in [0.25, 0.3) is 21.7 Å².